The molecular formula is C6H21BrO3P3+. The van der Waals surface area contributed by atoms with Crippen molar-refractivity contribution >= 4 is 41.1 Å². The Labute approximate surface area is 95.6 Å². The minimum atomic E-state index is -2.87. The first-order valence-electron chi connectivity index (χ1n) is 3.27. The summed E-state index contributed by atoms with van der Waals surface area (Å²) < 4.78 is 8.70. The molecule has 0 saturated heterocycles. The molecule has 0 fully saturated rings. The van der Waals surface area contributed by atoms with Crippen LogP contribution in [-0.2, 0) is 4.57 Å². The van der Waals surface area contributed by atoms with Crippen LogP contribution >= 0.6 is 41.1 Å². The number of halogens is 1. The molecule has 0 heterocycles. The van der Waals surface area contributed by atoms with Gasteiger partial charge in [-0.3, -0.25) is 0 Å². The average Bonchev–Trinajstić information content (AvgIpc) is 1.54. The highest BCUT2D eigenvalue weighted by Gasteiger charge is 1.93. The Morgan fingerprint density at radius 3 is 0.846 bits per heavy atom. The van der Waals surface area contributed by atoms with Gasteiger partial charge < -0.3 is 0 Å². The summed E-state index contributed by atoms with van der Waals surface area (Å²) in [6.45, 7) is 13.4. The lowest BCUT2D eigenvalue weighted by atomic mass is 11.9. The van der Waals surface area contributed by atoms with Crippen LogP contribution in [0.2, 0.25) is 0 Å². The van der Waals surface area contributed by atoms with Crippen LogP contribution in [0.15, 0.2) is 0 Å². The highest BCUT2D eigenvalue weighted by atomic mass is 79.9. The fourth-order valence-corrected chi connectivity index (χ4v) is 0. The standard InChI is InChI=1S/2C3H9P.BrH.HO3P/c2*1-4(2)3;;1-4(2)3/h2*1-3H3;1H;(H-,1,2,3)/p+1. The van der Waals surface area contributed by atoms with E-state index in [4.69, 9.17) is 14.4 Å². The minimum Gasteiger partial charge on any atom is -0.134 e. The summed E-state index contributed by atoms with van der Waals surface area (Å²) in [7, 11) is -2.11. The molecule has 2 N–H and O–H groups in total. The van der Waals surface area contributed by atoms with Crippen molar-refractivity contribution in [2.45, 2.75) is 0 Å². The summed E-state index contributed by atoms with van der Waals surface area (Å²) >= 11 is 0. The first-order chi connectivity index (χ1) is 5.20. The van der Waals surface area contributed by atoms with E-state index < -0.39 is 8.25 Å². The average molecular weight is 314 g/mol. The van der Waals surface area contributed by atoms with Crippen LogP contribution in [0.1, 0.15) is 0 Å². The van der Waals surface area contributed by atoms with Crippen molar-refractivity contribution in [1.29, 1.82) is 0 Å². The smallest absolute Gasteiger partial charge is 0.134 e. The maximum atomic E-state index is 8.70. The van der Waals surface area contributed by atoms with Gasteiger partial charge in [0, 0.05) is 4.57 Å². The quantitative estimate of drug-likeness (QED) is 0.676. The van der Waals surface area contributed by atoms with Crippen LogP contribution in [0.4, 0.5) is 0 Å². The Kier molecular flexibility index (Phi) is 34.9. The first-order valence-corrected chi connectivity index (χ1v) is 9.80. The van der Waals surface area contributed by atoms with Crippen LogP contribution < -0.4 is 0 Å². The molecule has 84 valence electrons. The number of hydrogen-bond acceptors (Lipinski definition) is 1. The molecule has 0 rings (SSSR count). The fraction of sp³-hybridized carbons (Fsp3) is 1.00. The van der Waals surface area contributed by atoms with Crippen LogP contribution in [0.3, 0.4) is 0 Å². The third-order valence-corrected chi connectivity index (χ3v) is 0. The second-order valence-corrected chi connectivity index (χ2v) is 8.81. The summed E-state index contributed by atoms with van der Waals surface area (Å²) in [4.78, 5) is 14.2. The van der Waals surface area contributed by atoms with Crippen LogP contribution in [-0.4, -0.2) is 49.8 Å². The largest absolute Gasteiger partial charge is 0.692 e. The van der Waals surface area contributed by atoms with E-state index in [-0.39, 0.29) is 17.0 Å². The molecule has 7 heteroatoms. The van der Waals surface area contributed by atoms with E-state index in [1.54, 1.807) is 0 Å². The van der Waals surface area contributed by atoms with Gasteiger partial charge in [-0.05, 0) is 40.0 Å². The van der Waals surface area contributed by atoms with E-state index in [1.807, 2.05) is 0 Å². The Balaban J connectivity index is -0.0000000450. The molecule has 0 aliphatic rings. The van der Waals surface area contributed by atoms with E-state index >= 15 is 0 Å². The van der Waals surface area contributed by atoms with Crippen LogP contribution in [0.5, 0.6) is 0 Å². The van der Waals surface area contributed by atoms with Gasteiger partial charge in [0.05, 0.1) is 0 Å². The monoisotopic (exact) mass is 313 g/mol. The molecule has 0 aliphatic carbocycles. The van der Waals surface area contributed by atoms with Crippen LogP contribution in [0.25, 0.3) is 0 Å². The van der Waals surface area contributed by atoms with Crippen molar-refractivity contribution in [2.75, 3.05) is 40.0 Å². The molecule has 0 aliphatic heterocycles. The van der Waals surface area contributed by atoms with Crippen molar-refractivity contribution in [3.05, 3.63) is 0 Å². The molecule has 0 amide bonds. The lowest BCUT2D eigenvalue weighted by Gasteiger charge is -1.81. The molecule has 13 heavy (non-hydrogen) atoms. The summed E-state index contributed by atoms with van der Waals surface area (Å²) in [6, 6.07) is 0. The third kappa shape index (κ3) is 932. The highest BCUT2D eigenvalue weighted by Crippen LogP contribution is 2.15. The molecule has 0 atom stereocenters. The normalized spacial score (nSPS) is 7.54. The minimum absolute atomic E-state index is 0. The zero-order valence-corrected chi connectivity index (χ0v) is 13.4. The summed E-state index contributed by atoms with van der Waals surface area (Å²) in [5.41, 5.74) is 0. The van der Waals surface area contributed by atoms with E-state index in [1.165, 1.54) is 0 Å². The van der Waals surface area contributed by atoms with Gasteiger partial charge in [0.1, 0.15) is 0 Å². The number of hydrogen-bond donors (Lipinski definition) is 2. The molecule has 0 spiro atoms. The lowest BCUT2D eigenvalue weighted by Crippen LogP contribution is -1.48. The number of rotatable bonds is 0. The summed E-state index contributed by atoms with van der Waals surface area (Å²) in [5, 5.41) is 0. The molecular weight excluding hydrogens is 293 g/mol. The molecule has 0 aromatic rings. The maximum absolute atomic E-state index is 8.70. The zero-order valence-electron chi connectivity index (χ0n) is 9.05. The molecule has 0 saturated carbocycles. The van der Waals surface area contributed by atoms with E-state index in [0.29, 0.717) is 15.8 Å². The van der Waals surface area contributed by atoms with Crippen molar-refractivity contribution in [3.63, 3.8) is 0 Å². The van der Waals surface area contributed by atoms with Gasteiger partial charge in [0.15, 0.2) is 0 Å². The van der Waals surface area contributed by atoms with Gasteiger partial charge in [-0.1, -0.05) is 0 Å². The third-order valence-electron chi connectivity index (χ3n) is 0. The van der Waals surface area contributed by atoms with Gasteiger partial charge in [-0.25, -0.2) is 0 Å². The van der Waals surface area contributed by atoms with Crippen molar-refractivity contribution in [3.8, 4) is 0 Å². The Morgan fingerprint density at radius 1 is 0.846 bits per heavy atom. The van der Waals surface area contributed by atoms with Crippen molar-refractivity contribution in [2.24, 2.45) is 0 Å². The summed E-state index contributed by atoms with van der Waals surface area (Å²) in [6.07, 6.45) is 0. The fourth-order valence-electron chi connectivity index (χ4n) is 0. The van der Waals surface area contributed by atoms with E-state index in [2.05, 4.69) is 40.0 Å². The Morgan fingerprint density at radius 2 is 0.846 bits per heavy atom. The maximum Gasteiger partial charge on any atom is 0.692 e. The molecule has 0 unspecified atom stereocenters. The van der Waals surface area contributed by atoms with Gasteiger partial charge in [0.25, 0.3) is 0 Å². The molecule has 0 aromatic heterocycles. The first kappa shape index (κ1) is 23.9. The van der Waals surface area contributed by atoms with Gasteiger partial charge in [-0.2, -0.15) is 0 Å². The second-order valence-electron chi connectivity index (χ2n) is 2.94. The highest BCUT2D eigenvalue weighted by molar-refractivity contribution is 8.93. The van der Waals surface area contributed by atoms with Gasteiger partial charge in [-0.15, -0.1) is 42.6 Å². The van der Waals surface area contributed by atoms with E-state index in [0.717, 1.165) is 0 Å². The van der Waals surface area contributed by atoms with Gasteiger partial charge >= 0.3 is 8.25 Å². The Bertz CT molecular complexity index is 85.6. The molecule has 0 radical (unpaired) electrons. The zero-order chi connectivity index (χ0) is 10.7. The predicted octanol–water partition coefficient (Wildman–Crippen LogP) is 2.92. The Hall–Kier alpha value is 1.36. The SMILES string of the molecule is Br.CP(C)C.CP(C)C.O=[P+](O)O. The molecule has 0 bridgehead atoms. The predicted molar refractivity (Wildman–Crippen MR) is 71.8 cm³/mol. The van der Waals surface area contributed by atoms with Crippen molar-refractivity contribution < 1.29 is 14.4 Å². The van der Waals surface area contributed by atoms with Crippen LogP contribution in [0, 0.1) is 0 Å². The lowest BCUT2D eigenvalue weighted by molar-refractivity contribution is 0.405. The van der Waals surface area contributed by atoms with Crippen molar-refractivity contribution in [1.82, 2.24) is 0 Å². The summed E-state index contributed by atoms with van der Waals surface area (Å²) in [5.74, 6) is 0. The second kappa shape index (κ2) is 19.0. The topological polar surface area (TPSA) is 57.5 Å². The molecule has 0 aromatic carbocycles. The van der Waals surface area contributed by atoms with E-state index in [9.17, 15) is 0 Å². The van der Waals surface area contributed by atoms with Gasteiger partial charge in [0.2, 0.25) is 0 Å². The molecule has 3 nitrogen and oxygen atoms in total.